The standard InChI is InChI=1S/2C29H27BrClN5O3/c2*1-16-11-22-25(15-34(16)28(38)19-7-10-23(30)24(31)13-19)36-27(20(14-33-36)12-17-3-4-17)35(29(22)39)21-8-5-18(6-9-21)26(37)32-2/h2*5-10,13-14,16-17H,3-4,11-12,15H2,1-2H3,(H,32,37)/t2*16-/m10/s1. The molecule has 2 saturated carbocycles. The molecule has 0 unspecified atom stereocenters. The van der Waals surface area contributed by atoms with Crippen LogP contribution in [0.2, 0.25) is 10.0 Å². The largest absolute Gasteiger partial charge is 0.355 e. The summed E-state index contributed by atoms with van der Waals surface area (Å²) in [6.45, 7) is 4.43. The first-order valence-electron chi connectivity index (χ1n) is 26.0. The van der Waals surface area contributed by atoms with Crippen molar-refractivity contribution >= 4 is 90.0 Å². The van der Waals surface area contributed by atoms with Crippen LogP contribution >= 0.6 is 55.1 Å². The highest BCUT2D eigenvalue weighted by Crippen LogP contribution is 2.37. The molecule has 2 aliphatic heterocycles. The average Bonchev–Trinajstić information content (AvgIpc) is 4.41. The molecule has 0 bridgehead atoms. The maximum Gasteiger partial charge on any atom is 0.261 e. The van der Waals surface area contributed by atoms with Gasteiger partial charge in [-0.15, -0.1) is 0 Å². The highest BCUT2D eigenvalue weighted by Gasteiger charge is 2.36. The zero-order valence-corrected chi connectivity index (χ0v) is 47.8. The molecular formula is C58H54Br2Cl2N10O6. The van der Waals surface area contributed by atoms with E-state index in [1.165, 1.54) is 25.7 Å². The van der Waals surface area contributed by atoms with Crippen molar-refractivity contribution in [1.82, 2.24) is 48.8 Å². The van der Waals surface area contributed by atoms with E-state index in [0.717, 1.165) is 44.3 Å². The summed E-state index contributed by atoms with van der Waals surface area (Å²) in [5.41, 5.74) is 9.32. The lowest BCUT2D eigenvalue weighted by Crippen LogP contribution is -2.46. The summed E-state index contributed by atoms with van der Waals surface area (Å²) in [7, 11) is 3.18. The summed E-state index contributed by atoms with van der Waals surface area (Å²) in [5.74, 6) is 0.523. The molecule has 2 atom stereocenters. The molecule has 4 amide bonds. The normalized spacial score (nSPS) is 16.8. The summed E-state index contributed by atoms with van der Waals surface area (Å²) in [4.78, 5) is 83.2. The summed E-state index contributed by atoms with van der Waals surface area (Å²) < 4.78 is 8.56. The molecule has 12 rings (SSSR count). The van der Waals surface area contributed by atoms with E-state index in [4.69, 9.17) is 33.4 Å². The molecule has 2 fully saturated rings. The number of aromatic nitrogens is 6. The molecule has 4 aliphatic rings. The summed E-state index contributed by atoms with van der Waals surface area (Å²) in [6.07, 6.45) is 10.9. The fourth-order valence-corrected chi connectivity index (χ4v) is 11.6. The number of nitrogens with zero attached hydrogens (tertiary/aromatic N) is 8. The van der Waals surface area contributed by atoms with Crippen LogP contribution in [0.1, 0.15) is 115 Å². The van der Waals surface area contributed by atoms with Crippen LogP contribution in [0.5, 0.6) is 0 Å². The molecule has 0 saturated heterocycles. The second-order valence-corrected chi connectivity index (χ2v) is 23.2. The van der Waals surface area contributed by atoms with Crippen LogP contribution in [0.15, 0.2) is 116 Å². The highest BCUT2D eigenvalue weighted by atomic mass is 79.9. The first-order valence-corrected chi connectivity index (χ1v) is 28.3. The third-order valence-electron chi connectivity index (χ3n) is 15.4. The Labute approximate surface area is 475 Å². The number of carbonyl (C=O) groups excluding carboxylic acids is 4. The van der Waals surface area contributed by atoms with Crippen molar-refractivity contribution in [1.29, 1.82) is 0 Å². The SMILES string of the molecule is CNC(=O)c1ccc(-n2c(=O)c3c(n4ncc(CC5CC5)c24)CN(C(=O)c2ccc(Br)c(Cl)c2)[C@@H](C)C3)cc1.CNC(=O)c1ccc(-n2c(=O)c3c(n4ncc(CC5CC5)c24)CN(C(=O)c2ccc(Br)c(Cl)c2)[C@H](C)C3)cc1. The first-order chi connectivity index (χ1) is 37.5. The van der Waals surface area contributed by atoms with E-state index < -0.39 is 0 Å². The second kappa shape index (κ2) is 21.4. The van der Waals surface area contributed by atoms with E-state index in [1.54, 1.807) is 118 Å². The molecule has 4 aromatic carbocycles. The Hall–Kier alpha value is -6.86. The van der Waals surface area contributed by atoms with Gasteiger partial charge in [0.2, 0.25) is 0 Å². The molecule has 6 heterocycles. The third kappa shape index (κ3) is 10.0. The van der Waals surface area contributed by atoms with Crippen molar-refractivity contribution in [2.24, 2.45) is 11.8 Å². The topological polar surface area (TPSA) is 177 Å². The minimum absolute atomic E-state index is 0.117. The molecular weight excluding hydrogens is 1160 g/mol. The van der Waals surface area contributed by atoms with Crippen molar-refractivity contribution < 1.29 is 19.2 Å². The molecule has 0 spiro atoms. The number of fused-ring (bicyclic) bond motifs is 6. The lowest BCUT2D eigenvalue weighted by Gasteiger charge is -2.35. The number of rotatable bonds is 10. The van der Waals surface area contributed by atoms with Crippen molar-refractivity contribution in [2.45, 2.75) is 90.4 Å². The fourth-order valence-electron chi connectivity index (χ4n) is 10.7. The number of carbonyl (C=O) groups is 4. The zero-order valence-electron chi connectivity index (χ0n) is 43.2. The third-order valence-corrected chi connectivity index (χ3v) is 17.9. The Kier molecular flexibility index (Phi) is 14.6. The predicted octanol–water partition coefficient (Wildman–Crippen LogP) is 9.60. The van der Waals surface area contributed by atoms with Crippen molar-refractivity contribution in [3.05, 3.63) is 193 Å². The minimum atomic E-state index is -0.205. The molecule has 4 aromatic heterocycles. The molecule has 2 aliphatic carbocycles. The molecule has 78 heavy (non-hydrogen) atoms. The van der Waals surface area contributed by atoms with Gasteiger partial charge in [0.05, 0.1) is 58.3 Å². The van der Waals surface area contributed by atoms with E-state index in [9.17, 15) is 28.8 Å². The minimum Gasteiger partial charge on any atom is -0.355 e. The maximum atomic E-state index is 14.1. The van der Waals surface area contributed by atoms with E-state index in [0.29, 0.717) is 90.8 Å². The van der Waals surface area contributed by atoms with Crippen molar-refractivity contribution in [3.8, 4) is 11.4 Å². The fraction of sp³-hybridized carbons (Fsp3) is 0.310. The van der Waals surface area contributed by atoms with E-state index in [1.807, 2.05) is 35.3 Å². The van der Waals surface area contributed by atoms with Gasteiger partial charge >= 0.3 is 0 Å². The lowest BCUT2D eigenvalue weighted by molar-refractivity contribution is 0.0643. The number of nitrogens with one attached hydrogen (secondary N) is 2. The number of hydrogen-bond donors (Lipinski definition) is 2. The van der Waals surface area contributed by atoms with Gasteiger partial charge in [0.25, 0.3) is 34.7 Å². The smallest absolute Gasteiger partial charge is 0.261 e. The van der Waals surface area contributed by atoms with Gasteiger partial charge in [-0.25, -0.2) is 9.03 Å². The Morgan fingerprint density at radius 3 is 1.26 bits per heavy atom. The van der Waals surface area contributed by atoms with Gasteiger partial charge in [-0.05, 0) is 194 Å². The molecule has 0 radical (unpaired) electrons. The van der Waals surface area contributed by atoms with Crippen molar-refractivity contribution in [2.75, 3.05) is 14.1 Å². The van der Waals surface area contributed by atoms with Crippen LogP contribution < -0.4 is 21.8 Å². The zero-order chi connectivity index (χ0) is 54.8. The Bertz CT molecular complexity index is 3630. The van der Waals surface area contributed by atoms with Crippen LogP contribution in [-0.2, 0) is 38.8 Å². The Morgan fingerprint density at radius 1 is 0.564 bits per heavy atom. The average molecular weight is 1220 g/mol. The van der Waals surface area contributed by atoms with E-state index in [2.05, 4.69) is 42.5 Å². The molecule has 2 N–H and O–H groups in total. The first kappa shape index (κ1) is 53.2. The Balaban J connectivity index is 0.000000165. The van der Waals surface area contributed by atoms with Crippen molar-refractivity contribution in [3.63, 3.8) is 0 Å². The van der Waals surface area contributed by atoms with Gasteiger partial charge in [-0.1, -0.05) is 23.2 Å². The van der Waals surface area contributed by atoms with Crippen LogP contribution in [0.25, 0.3) is 22.7 Å². The van der Waals surface area contributed by atoms with Crippen LogP contribution in [0, 0.1) is 11.8 Å². The molecule has 20 heteroatoms. The van der Waals surface area contributed by atoms with E-state index in [-0.39, 0.29) is 59.9 Å². The number of benzene rings is 4. The van der Waals surface area contributed by atoms with Gasteiger partial charge in [-0.3, -0.25) is 37.9 Å². The molecule has 400 valence electrons. The van der Waals surface area contributed by atoms with Crippen LogP contribution in [-0.4, -0.2) is 88.0 Å². The van der Waals surface area contributed by atoms with Gasteiger partial charge in [0.15, 0.2) is 0 Å². The summed E-state index contributed by atoms with van der Waals surface area (Å²) >= 11 is 19.3. The number of hydrogen-bond acceptors (Lipinski definition) is 8. The molecule has 8 aromatic rings. The summed E-state index contributed by atoms with van der Waals surface area (Å²) in [6, 6.07) is 24.0. The van der Waals surface area contributed by atoms with Crippen LogP contribution in [0.4, 0.5) is 0 Å². The quantitative estimate of drug-likeness (QED) is 0.136. The highest BCUT2D eigenvalue weighted by molar-refractivity contribution is 9.10. The van der Waals surface area contributed by atoms with Gasteiger partial charge in [-0.2, -0.15) is 10.2 Å². The lowest BCUT2D eigenvalue weighted by atomic mass is 9.98. The monoisotopic (exact) mass is 1210 g/mol. The number of amides is 4. The number of halogens is 4. The van der Waals surface area contributed by atoms with Crippen LogP contribution in [0.3, 0.4) is 0 Å². The van der Waals surface area contributed by atoms with Gasteiger partial charge < -0.3 is 20.4 Å². The second-order valence-electron chi connectivity index (χ2n) is 20.7. The summed E-state index contributed by atoms with van der Waals surface area (Å²) in [5, 5.41) is 15.7. The van der Waals surface area contributed by atoms with Gasteiger partial charge in [0, 0.05) is 79.6 Å². The Morgan fingerprint density at radius 2 is 0.923 bits per heavy atom. The van der Waals surface area contributed by atoms with Gasteiger partial charge in [0.1, 0.15) is 11.3 Å². The molecule has 16 nitrogen and oxygen atoms in total. The predicted molar refractivity (Wildman–Crippen MR) is 306 cm³/mol. The maximum absolute atomic E-state index is 14.1. The van der Waals surface area contributed by atoms with E-state index >= 15 is 0 Å².